The molecule has 0 bridgehead atoms. The molecule has 0 spiro atoms. The topological polar surface area (TPSA) is 38.9 Å². The van der Waals surface area contributed by atoms with E-state index in [1.807, 2.05) is 24.3 Å². The van der Waals surface area contributed by atoms with Crippen LogP contribution in [0.15, 0.2) is 48.7 Å². The molecular weight excluding hydrogens is 220 g/mol. The van der Waals surface area contributed by atoms with Crippen LogP contribution in [0.5, 0.6) is 0 Å². The zero-order chi connectivity index (χ0) is 11.4. The SMILES string of the molecule is NCC(c1ccccc1)c1cc(Cl)ccn1. The van der Waals surface area contributed by atoms with Crippen LogP contribution in [0.4, 0.5) is 0 Å². The van der Waals surface area contributed by atoms with Gasteiger partial charge in [-0.25, -0.2) is 0 Å². The monoisotopic (exact) mass is 232 g/mol. The average Bonchev–Trinajstić information content (AvgIpc) is 2.31. The number of aromatic nitrogens is 1. The third-order valence-corrected chi connectivity index (χ3v) is 2.77. The second kappa shape index (κ2) is 5.10. The molecule has 1 heterocycles. The van der Waals surface area contributed by atoms with Gasteiger partial charge in [0.15, 0.2) is 0 Å². The standard InChI is InChI=1S/C13H13ClN2/c14-11-6-7-16-13(8-11)12(9-15)10-4-2-1-3-5-10/h1-8,12H,9,15H2. The number of hydrogen-bond acceptors (Lipinski definition) is 2. The highest BCUT2D eigenvalue weighted by Crippen LogP contribution is 2.23. The molecule has 82 valence electrons. The number of pyridine rings is 1. The summed E-state index contributed by atoms with van der Waals surface area (Å²) in [6.07, 6.45) is 1.71. The van der Waals surface area contributed by atoms with Crippen molar-refractivity contribution in [2.75, 3.05) is 6.54 Å². The molecule has 3 heteroatoms. The van der Waals surface area contributed by atoms with Crippen LogP contribution >= 0.6 is 11.6 Å². The first-order valence-corrected chi connectivity index (χ1v) is 5.55. The predicted molar refractivity (Wildman–Crippen MR) is 66.6 cm³/mol. The van der Waals surface area contributed by atoms with E-state index in [-0.39, 0.29) is 5.92 Å². The van der Waals surface area contributed by atoms with Crippen molar-refractivity contribution in [3.8, 4) is 0 Å². The van der Waals surface area contributed by atoms with Gasteiger partial charge in [-0.1, -0.05) is 41.9 Å². The van der Waals surface area contributed by atoms with E-state index in [0.717, 1.165) is 5.69 Å². The van der Waals surface area contributed by atoms with E-state index >= 15 is 0 Å². The van der Waals surface area contributed by atoms with Gasteiger partial charge in [-0.3, -0.25) is 4.98 Å². The van der Waals surface area contributed by atoms with Crippen molar-refractivity contribution >= 4 is 11.6 Å². The third-order valence-electron chi connectivity index (χ3n) is 2.54. The van der Waals surface area contributed by atoms with Crippen molar-refractivity contribution in [1.82, 2.24) is 4.98 Å². The summed E-state index contributed by atoms with van der Waals surface area (Å²) in [4.78, 5) is 4.32. The molecule has 2 N–H and O–H groups in total. The summed E-state index contributed by atoms with van der Waals surface area (Å²) in [5, 5.41) is 0.694. The van der Waals surface area contributed by atoms with Gasteiger partial charge in [0.1, 0.15) is 0 Å². The van der Waals surface area contributed by atoms with E-state index < -0.39 is 0 Å². The Hall–Kier alpha value is -1.38. The minimum absolute atomic E-state index is 0.111. The Morgan fingerprint density at radius 2 is 1.94 bits per heavy atom. The molecule has 16 heavy (non-hydrogen) atoms. The summed E-state index contributed by atoms with van der Waals surface area (Å²) in [5.74, 6) is 0.111. The second-order valence-corrected chi connectivity index (χ2v) is 4.03. The quantitative estimate of drug-likeness (QED) is 0.884. The van der Waals surface area contributed by atoms with Gasteiger partial charge in [-0.15, -0.1) is 0 Å². The van der Waals surface area contributed by atoms with Crippen LogP contribution < -0.4 is 5.73 Å². The molecule has 0 amide bonds. The number of benzene rings is 1. The van der Waals surface area contributed by atoms with Crippen molar-refractivity contribution in [2.24, 2.45) is 5.73 Å². The molecule has 0 aliphatic heterocycles. The number of halogens is 1. The van der Waals surface area contributed by atoms with Gasteiger partial charge in [0.05, 0.1) is 5.69 Å². The fourth-order valence-electron chi connectivity index (χ4n) is 1.72. The predicted octanol–water partition coefficient (Wildman–Crippen LogP) is 2.83. The first-order valence-electron chi connectivity index (χ1n) is 5.17. The average molecular weight is 233 g/mol. The number of hydrogen-bond donors (Lipinski definition) is 1. The van der Waals surface area contributed by atoms with E-state index in [1.165, 1.54) is 5.56 Å². The summed E-state index contributed by atoms with van der Waals surface area (Å²) in [5.41, 5.74) is 7.89. The third kappa shape index (κ3) is 2.40. The lowest BCUT2D eigenvalue weighted by Gasteiger charge is -2.14. The van der Waals surface area contributed by atoms with Crippen molar-refractivity contribution in [1.29, 1.82) is 0 Å². The highest BCUT2D eigenvalue weighted by atomic mass is 35.5. The Kier molecular flexibility index (Phi) is 3.54. The lowest BCUT2D eigenvalue weighted by Crippen LogP contribution is -2.14. The van der Waals surface area contributed by atoms with Gasteiger partial charge in [0, 0.05) is 23.7 Å². The first kappa shape index (κ1) is 11.1. The zero-order valence-electron chi connectivity index (χ0n) is 8.81. The van der Waals surface area contributed by atoms with Crippen molar-refractivity contribution < 1.29 is 0 Å². The van der Waals surface area contributed by atoms with Crippen molar-refractivity contribution in [3.05, 3.63) is 64.9 Å². The molecule has 0 aliphatic carbocycles. The number of nitrogens with two attached hydrogens (primary N) is 1. The minimum Gasteiger partial charge on any atom is -0.329 e. The van der Waals surface area contributed by atoms with E-state index in [2.05, 4.69) is 17.1 Å². The van der Waals surface area contributed by atoms with Crippen molar-refractivity contribution in [2.45, 2.75) is 5.92 Å². The zero-order valence-corrected chi connectivity index (χ0v) is 9.56. The van der Waals surface area contributed by atoms with Crippen LogP contribution in [-0.4, -0.2) is 11.5 Å². The molecular formula is C13H13ClN2. The van der Waals surface area contributed by atoms with Crippen LogP contribution in [0.1, 0.15) is 17.2 Å². The van der Waals surface area contributed by atoms with Gasteiger partial charge in [-0.2, -0.15) is 0 Å². The minimum atomic E-state index is 0.111. The normalized spacial score (nSPS) is 12.4. The molecule has 0 aliphatic rings. The van der Waals surface area contributed by atoms with E-state index in [4.69, 9.17) is 17.3 Å². The Morgan fingerprint density at radius 1 is 1.19 bits per heavy atom. The number of rotatable bonds is 3. The molecule has 2 aromatic rings. The lowest BCUT2D eigenvalue weighted by atomic mass is 9.95. The maximum absolute atomic E-state index is 5.95. The van der Waals surface area contributed by atoms with Gasteiger partial charge < -0.3 is 5.73 Å². The molecule has 1 aromatic heterocycles. The highest BCUT2D eigenvalue weighted by molar-refractivity contribution is 6.30. The van der Waals surface area contributed by atoms with Crippen molar-refractivity contribution in [3.63, 3.8) is 0 Å². The van der Waals surface area contributed by atoms with Gasteiger partial charge in [0.25, 0.3) is 0 Å². The Balaban J connectivity index is 2.37. The molecule has 1 aromatic carbocycles. The highest BCUT2D eigenvalue weighted by Gasteiger charge is 2.13. The first-order chi connectivity index (χ1) is 7.81. The van der Waals surface area contributed by atoms with Crippen LogP contribution in [0, 0.1) is 0 Å². The summed E-state index contributed by atoms with van der Waals surface area (Å²) >= 11 is 5.95. The van der Waals surface area contributed by atoms with E-state index in [9.17, 15) is 0 Å². The summed E-state index contributed by atoms with van der Waals surface area (Å²) in [6.45, 7) is 0.525. The molecule has 0 saturated heterocycles. The Labute approximate surface area is 100 Å². The Bertz CT molecular complexity index is 456. The Morgan fingerprint density at radius 3 is 2.56 bits per heavy atom. The molecule has 0 saturated carbocycles. The molecule has 0 fully saturated rings. The fourth-order valence-corrected chi connectivity index (χ4v) is 1.89. The van der Waals surface area contributed by atoms with Gasteiger partial charge in [0.2, 0.25) is 0 Å². The van der Waals surface area contributed by atoms with Crippen LogP contribution in [-0.2, 0) is 0 Å². The summed E-state index contributed by atoms with van der Waals surface area (Å²) in [6, 6.07) is 13.7. The maximum atomic E-state index is 5.95. The summed E-state index contributed by atoms with van der Waals surface area (Å²) < 4.78 is 0. The molecule has 1 atom stereocenters. The second-order valence-electron chi connectivity index (χ2n) is 3.60. The smallest absolute Gasteiger partial charge is 0.0505 e. The molecule has 0 radical (unpaired) electrons. The molecule has 1 unspecified atom stereocenters. The van der Waals surface area contributed by atoms with E-state index in [1.54, 1.807) is 12.3 Å². The van der Waals surface area contributed by atoms with Gasteiger partial charge >= 0.3 is 0 Å². The molecule has 2 rings (SSSR count). The summed E-state index contributed by atoms with van der Waals surface area (Å²) in [7, 11) is 0. The maximum Gasteiger partial charge on any atom is 0.0505 e. The largest absolute Gasteiger partial charge is 0.329 e. The van der Waals surface area contributed by atoms with Crippen LogP contribution in [0.2, 0.25) is 5.02 Å². The lowest BCUT2D eigenvalue weighted by molar-refractivity contribution is 0.787. The fraction of sp³-hybridized carbons (Fsp3) is 0.154. The van der Waals surface area contributed by atoms with E-state index in [0.29, 0.717) is 11.6 Å². The van der Waals surface area contributed by atoms with Gasteiger partial charge in [-0.05, 0) is 17.7 Å². The van der Waals surface area contributed by atoms with Crippen LogP contribution in [0.3, 0.4) is 0 Å². The molecule has 2 nitrogen and oxygen atoms in total. The number of nitrogens with zero attached hydrogens (tertiary/aromatic N) is 1. The van der Waals surface area contributed by atoms with Crippen LogP contribution in [0.25, 0.3) is 0 Å².